The summed E-state index contributed by atoms with van der Waals surface area (Å²) in [7, 11) is 1.62. The normalized spacial score (nSPS) is 17.9. The number of likely N-dealkylation sites (tertiary alicyclic amines) is 1. The van der Waals surface area contributed by atoms with Gasteiger partial charge in [-0.25, -0.2) is 0 Å². The summed E-state index contributed by atoms with van der Waals surface area (Å²) in [6.07, 6.45) is 3.35. The lowest BCUT2D eigenvalue weighted by molar-refractivity contribution is -0.137. The molecule has 0 saturated carbocycles. The van der Waals surface area contributed by atoms with E-state index in [1.807, 2.05) is 35.0 Å². The van der Waals surface area contributed by atoms with Crippen LogP contribution in [-0.2, 0) is 16.1 Å². The molecule has 1 aliphatic rings. The number of hydrogen-bond acceptors (Lipinski definition) is 3. The lowest BCUT2D eigenvalue weighted by atomic mass is 10.2. The van der Waals surface area contributed by atoms with Gasteiger partial charge in [0.05, 0.1) is 7.11 Å². The molecule has 1 saturated heterocycles. The first-order chi connectivity index (χ1) is 10.6. The summed E-state index contributed by atoms with van der Waals surface area (Å²) in [6, 6.07) is 7.20. The van der Waals surface area contributed by atoms with Crippen LogP contribution in [-0.4, -0.2) is 41.0 Å². The molecule has 0 aliphatic carbocycles. The van der Waals surface area contributed by atoms with Crippen LogP contribution in [0.5, 0.6) is 5.75 Å². The predicted octanol–water partition coefficient (Wildman–Crippen LogP) is 1.13. The number of fused-ring (bicyclic) bond motifs is 1. The molecule has 1 aromatic carbocycles. The Labute approximate surface area is 128 Å². The third-order valence-corrected chi connectivity index (χ3v) is 4.19. The molecular formula is C16H19N3O3. The minimum absolute atomic E-state index is 0.0744. The fourth-order valence-electron chi connectivity index (χ4n) is 3.04. The summed E-state index contributed by atoms with van der Waals surface area (Å²) in [4.78, 5) is 25.5. The number of benzene rings is 1. The number of nitrogens with zero attached hydrogens (tertiary/aromatic N) is 2. The van der Waals surface area contributed by atoms with Gasteiger partial charge in [-0.3, -0.25) is 9.59 Å². The summed E-state index contributed by atoms with van der Waals surface area (Å²) in [5.74, 6) is 0.285. The number of amides is 2. The van der Waals surface area contributed by atoms with E-state index in [1.54, 1.807) is 12.0 Å². The Kier molecular flexibility index (Phi) is 3.75. The molecular weight excluding hydrogens is 282 g/mol. The van der Waals surface area contributed by atoms with Crippen molar-refractivity contribution in [3.05, 3.63) is 30.5 Å². The van der Waals surface area contributed by atoms with E-state index in [2.05, 4.69) is 0 Å². The zero-order valence-corrected chi connectivity index (χ0v) is 12.5. The molecule has 1 atom stereocenters. The quantitative estimate of drug-likeness (QED) is 0.919. The van der Waals surface area contributed by atoms with Crippen molar-refractivity contribution in [2.75, 3.05) is 13.7 Å². The zero-order chi connectivity index (χ0) is 15.7. The number of methoxy groups -OCH3 is 1. The molecule has 2 heterocycles. The lowest BCUT2D eigenvalue weighted by Gasteiger charge is -2.22. The van der Waals surface area contributed by atoms with Gasteiger partial charge in [0.1, 0.15) is 18.3 Å². The Morgan fingerprint density at radius 1 is 1.36 bits per heavy atom. The van der Waals surface area contributed by atoms with Crippen molar-refractivity contribution >= 4 is 22.7 Å². The summed E-state index contributed by atoms with van der Waals surface area (Å²) in [6.45, 7) is 0.805. The molecule has 116 valence electrons. The number of nitrogens with two attached hydrogens (primary N) is 1. The van der Waals surface area contributed by atoms with Crippen LogP contribution in [0.3, 0.4) is 0 Å². The van der Waals surface area contributed by atoms with E-state index >= 15 is 0 Å². The second-order valence-electron chi connectivity index (χ2n) is 5.52. The third kappa shape index (κ3) is 2.52. The maximum absolute atomic E-state index is 12.5. The Balaban J connectivity index is 1.81. The fraction of sp³-hybridized carbons (Fsp3) is 0.375. The van der Waals surface area contributed by atoms with Crippen molar-refractivity contribution in [1.29, 1.82) is 0 Å². The number of aromatic nitrogens is 1. The Bertz CT molecular complexity index is 722. The van der Waals surface area contributed by atoms with Gasteiger partial charge in [-0.15, -0.1) is 0 Å². The summed E-state index contributed by atoms with van der Waals surface area (Å²) >= 11 is 0. The first-order valence-electron chi connectivity index (χ1n) is 7.32. The number of carbonyl (C=O) groups excluding carboxylic acids is 2. The van der Waals surface area contributed by atoms with Crippen molar-refractivity contribution < 1.29 is 14.3 Å². The van der Waals surface area contributed by atoms with Gasteiger partial charge >= 0.3 is 0 Å². The van der Waals surface area contributed by atoms with E-state index in [0.29, 0.717) is 13.0 Å². The van der Waals surface area contributed by atoms with Crippen molar-refractivity contribution in [3.63, 3.8) is 0 Å². The van der Waals surface area contributed by atoms with E-state index in [4.69, 9.17) is 10.5 Å². The molecule has 0 bridgehead atoms. The van der Waals surface area contributed by atoms with E-state index in [1.165, 1.54) is 0 Å². The average Bonchev–Trinajstić information content (AvgIpc) is 3.14. The summed E-state index contributed by atoms with van der Waals surface area (Å²) in [5.41, 5.74) is 6.33. The van der Waals surface area contributed by atoms with Gasteiger partial charge in [0.15, 0.2) is 0 Å². The third-order valence-electron chi connectivity index (χ3n) is 4.19. The molecule has 1 aromatic heterocycles. The van der Waals surface area contributed by atoms with E-state index < -0.39 is 11.9 Å². The van der Waals surface area contributed by atoms with Gasteiger partial charge in [-0.05, 0) is 37.1 Å². The molecule has 2 N–H and O–H groups in total. The SMILES string of the molecule is COc1ccc2c(ccn2CC(=O)N2CCCC2C(N)=O)c1. The maximum atomic E-state index is 12.5. The molecule has 0 spiro atoms. The van der Waals surface area contributed by atoms with Gasteiger partial charge in [0, 0.05) is 23.6 Å². The highest BCUT2D eigenvalue weighted by atomic mass is 16.5. The van der Waals surface area contributed by atoms with Crippen LogP contribution in [0.4, 0.5) is 0 Å². The molecule has 6 nitrogen and oxygen atoms in total. The average molecular weight is 301 g/mol. The highest BCUT2D eigenvalue weighted by molar-refractivity contribution is 5.88. The Hall–Kier alpha value is -2.50. The highest BCUT2D eigenvalue weighted by Gasteiger charge is 2.32. The number of hydrogen-bond donors (Lipinski definition) is 1. The Morgan fingerprint density at radius 3 is 2.91 bits per heavy atom. The highest BCUT2D eigenvalue weighted by Crippen LogP contribution is 2.23. The predicted molar refractivity (Wildman–Crippen MR) is 82.4 cm³/mol. The molecule has 2 amide bonds. The number of rotatable bonds is 4. The monoisotopic (exact) mass is 301 g/mol. The van der Waals surface area contributed by atoms with Crippen molar-refractivity contribution in [2.45, 2.75) is 25.4 Å². The molecule has 6 heteroatoms. The van der Waals surface area contributed by atoms with Gasteiger partial charge in [-0.1, -0.05) is 0 Å². The minimum Gasteiger partial charge on any atom is -0.497 e. The van der Waals surface area contributed by atoms with Gasteiger partial charge in [0.2, 0.25) is 11.8 Å². The van der Waals surface area contributed by atoms with Crippen molar-refractivity contribution in [3.8, 4) is 5.75 Å². The van der Waals surface area contributed by atoms with Crippen LogP contribution < -0.4 is 10.5 Å². The van der Waals surface area contributed by atoms with Crippen molar-refractivity contribution in [2.24, 2.45) is 5.73 Å². The molecule has 1 fully saturated rings. The van der Waals surface area contributed by atoms with Crippen LogP contribution >= 0.6 is 0 Å². The molecule has 1 aliphatic heterocycles. The van der Waals surface area contributed by atoms with Gasteiger partial charge < -0.3 is 19.9 Å². The number of primary amides is 1. The topological polar surface area (TPSA) is 77.6 Å². The van der Waals surface area contributed by atoms with Crippen LogP contribution in [0.1, 0.15) is 12.8 Å². The van der Waals surface area contributed by atoms with Crippen LogP contribution in [0.15, 0.2) is 30.5 Å². The largest absolute Gasteiger partial charge is 0.497 e. The summed E-state index contributed by atoms with van der Waals surface area (Å²) in [5, 5.41) is 1.01. The smallest absolute Gasteiger partial charge is 0.243 e. The minimum atomic E-state index is -0.463. The standard InChI is InChI=1S/C16H19N3O3/c1-22-12-4-5-13-11(9-12)6-8-18(13)10-15(20)19-7-2-3-14(19)16(17)21/h4-6,8-9,14H,2-3,7,10H2,1H3,(H2,17,21). The van der Waals surface area contributed by atoms with E-state index in [9.17, 15) is 9.59 Å². The number of carbonyl (C=O) groups is 2. The van der Waals surface area contributed by atoms with E-state index in [-0.39, 0.29) is 12.5 Å². The second kappa shape index (κ2) is 5.71. The molecule has 2 aromatic rings. The first-order valence-corrected chi connectivity index (χ1v) is 7.32. The van der Waals surface area contributed by atoms with Gasteiger partial charge in [-0.2, -0.15) is 0 Å². The van der Waals surface area contributed by atoms with Gasteiger partial charge in [0.25, 0.3) is 0 Å². The Morgan fingerprint density at radius 2 is 2.18 bits per heavy atom. The maximum Gasteiger partial charge on any atom is 0.243 e. The van der Waals surface area contributed by atoms with E-state index in [0.717, 1.165) is 23.1 Å². The molecule has 0 radical (unpaired) electrons. The second-order valence-corrected chi connectivity index (χ2v) is 5.52. The first kappa shape index (κ1) is 14.4. The summed E-state index contributed by atoms with van der Waals surface area (Å²) < 4.78 is 7.08. The molecule has 1 unspecified atom stereocenters. The molecule has 3 rings (SSSR count). The fourth-order valence-corrected chi connectivity index (χ4v) is 3.04. The van der Waals surface area contributed by atoms with Crippen LogP contribution in [0, 0.1) is 0 Å². The molecule has 22 heavy (non-hydrogen) atoms. The lowest BCUT2D eigenvalue weighted by Crippen LogP contribution is -2.44. The van der Waals surface area contributed by atoms with Crippen LogP contribution in [0.25, 0.3) is 10.9 Å². The number of ether oxygens (including phenoxy) is 1. The zero-order valence-electron chi connectivity index (χ0n) is 12.5. The van der Waals surface area contributed by atoms with Crippen LogP contribution in [0.2, 0.25) is 0 Å². The van der Waals surface area contributed by atoms with Crippen molar-refractivity contribution in [1.82, 2.24) is 9.47 Å².